The highest BCUT2D eigenvalue weighted by molar-refractivity contribution is 7.80. The molecular formula is C12H10F2N2O3S. The second kappa shape index (κ2) is 4.02. The maximum Gasteiger partial charge on any atom is 0.586 e. The Hall–Kier alpha value is -1.96. The maximum atomic E-state index is 12.9. The van der Waals surface area contributed by atoms with Crippen molar-refractivity contribution in [3.63, 3.8) is 0 Å². The molecule has 3 rings (SSSR count). The van der Waals surface area contributed by atoms with Crippen LogP contribution in [-0.2, 0) is 4.79 Å². The van der Waals surface area contributed by atoms with Gasteiger partial charge in [0.2, 0.25) is 5.91 Å². The first-order chi connectivity index (χ1) is 9.32. The number of alkyl halides is 2. The van der Waals surface area contributed by atoms with Crippen LogP contribution in [0.3, 0.4) is 0 Å². The first-order valence-corrected chi connectivity index (χ1v) is 6.24. The fraction of sp³-hybridized carbons (Fsp3) is 0.333. The standard InChI is InChI=1S/C12H10F2N2O3S/c13-12(14)18-7-2-1-6(5-8(7)19-12)16-10(17)11(3-4-11)9(15)20/h1-2,5H,3-4H2,(H2,15,20)(H,16,17). The minimum atomic E-state index is -3.68. The summed E-state index contributed by atoms with van der Waals surface area (Å²) in [5.74, 6) is -0.549. The predicted octanol–water partition coefficient (Wildman–Crippen LogP) is 2.01. The van der Waals surface area contributed by atoms with Gasteiger partial charge in [0, 0.05) is 11.8 Å². The lowest BCUT2D eigenvalue weighted by atomic mass is 10.1. The van der Waals surface area contributed by atoms with Crippen molar-refractivity contribution in [1.29, 1.82) is 0 Å². The van der Waals surface area contributed by atoms with Gasteiger partial charge < -0.3 is 20.5 Å². The van der Waals surface area contributed by atoms with Crippen LogP contribution in [0.2, 0.25) is 0 Å². The number of rotatable bonds is 3. The van der Waals surface area contributed by atoms with Crippen molar-refractivity contribution in [2.24, 2.45) is 11.1 Å². The number of nitrogens with two attached hydrogens (primary N) is 1. The van der Waals surface area contributed by atoms with E-state index in [0.717, 1.165) is 0 Å². The molecule has 0 saturated heterocycles. The van der Waals surface area contributed by atoms with Gasteiger partial charge in [-0.05, 0) is 25.0 Å². The van der Waals surface area contributed by atoms with Gasteiger partial charge in [0.25, 0.3) is 0 Å². The zero-order valence-electron chi connectivity index (χ0n) is 10.1. The van der Waals surface area contributed by atoms with Crippen LogP contribution in [-0.4, -0.2) is 17.2 Å². The Morgan fingerprint density at radius 3 is 2.55 bits per heavy atom. The summed E-state index contributed by atoms with van der Waals surface area (Å²) < 4.78 is 34.3. The Morgan fingerprint density at radius 1 is 1.30 bits per heavy atom. The van der Waals surface area contributed by atoms with Crippen molar-refractivity contribution >= 4 is 28.8 Å². The number of nitrogens with one attached hydrogen (secondary N) is 1. The van der Waals surface area contributed by atoms with Crippen LogP contribution < -0.4 is 20.5 Å². The number of carbonyl (C=O) groups excluding carboxylic acids is 1. The summed E-state index contributed by atoms with van der Waals surface area (Å²) >= 11 is 4.87. The third kappa shape index (κ3) is 2.05. The molecule has 5 nitrogen and oxygen atoms in total. The van der Waals surface area contributed by atoms with E-state index in [0.29, 0.717) is 18.5 Å². The van der Waals surface area contributed by atoms with Gasteiger partial charge >= 0.3 is 6.29 Å². The number of thiocarbonyl (C=S) groups is 1. The molecule has 106 valence electrons. The summed E-state index contributed by atoms with van der Waals surface area (Å²) in [4.78, 5) is 12.2. The minimum absolute atomic E-state index is 0.0801. The van der Waals surface area contributed by atoms with E-state index in [1.165, 1.54) is 18.2 Å². The van der Waals surface area contributed by atoms with E-state index in [2.05, 4.69) is 14.8 Å². The molecule has 20 heavy (non-hydrogen) atoms. The van der Waals surface area contributed by atoms with Crippen LogP contribution in [0.1, 0.15) is 12.8 Å². The lowest BCUT2D eigenvalue weighted by Crippen LogP contribution is -2.34. The minimum Gasteiger partial charge on any atom is -0.395 e. The number of fused-ring (bicyclic) bond motifs is 1. The van der Waals surface area contributed by atoms with Crippen LogP contribution in [0.15, 0.2) is 18.2 Å². The molecule has 1 aliphatic carbocycles. The third-order valence-electron chi connectivity index (χ3n) is 3.32. The van der Waals surface area contributed by atoms with Crippen molar-refractivity contribution in [2.75, 3.05) is 5.32 Å². The Balaban J connectivity index is 1.78. The zero-order valence-corrected chi connectivity index (χ0v) is 10.9. The SMILES string of the molecule is NC(=S)C1(C(=O)Nc2ccc3c(c2)OC(F)(F)O3)CC1. The number of hydrogen-bond donors (Lipinski definition) is 2. The van der Waals surface area contributed by atoms with Crippen LogP contribution in [0.4, 0.5) is 14.5 Å². The smallest absolute Gasteiger partial charge is 0.395 e. The molecule has 1 aromatic rings. The molecular weight excluding hydrogens is 290 g/mol. The average molecular weight is 300 g/mol. The molecule has 0 spiro atoms. The molecule has 8 heteroatoms. The van der Waals surface area contributed by atoms with Crippen LogP contribution >= 0.6 is 12.2 Å². The highest BCUT2D eigenvalue weighted by atomic mass is 32.1. The number of halogens is 2. The number of anilines is 1. The number of hydrogen-bond acceptors (Lipinski definition) is 4. The molecule has 0 unspecified atom stereocenters. The van der Waals surface area contributed by atoms with E-state index in [-0.39, 0.29) is 22.4 Å². The van der Waals surface area contributed by atoms with E-state index < -0.39 is 11.7 Å². The van der Waals surface area contributed by atoms with Crippen LogP contribution in [0, 0.1) is 5.41 Å². The molecule has 1 amide bonds. The van der Waals surface area contributed by atoms with Crippen molar-refractivity contribution in [3.05, 3.63) is 18.2 Å². The lowest BCUT2D eigenvalue weighted by Gasteiger charge is -2.13. The molecule has 0 radical (unpaired) electrons. The van der Waals surface area contributed by atoms with Gasteiger partial charge in [-0.2, -0.15) is 0 Å². The summed E-state index contributed by atoms with van der Waals surface area (Å²) in [7, 11) is 0. The van der Waals surface area contributed by atoms with Gasteiger partial charge in [-0.15, -0.1) is 8.78 Å². The normalized spacial score (nSPS) is 20.3. The van der Waals surface area contributed by atoms with Crippen LogP contribution in [0.25, 0.3) is 0 Å². The van der Waals surface area contributed by atoms with Crippen molar-refractivity contribution in [2.45, 2.75) is 19.1 Å². The molecule has 1 aliphatic heterocycles. The monoisotopic (exact) mass is 300 g/mol. The highest BCUT2D eigenvalue weighted by Crippen LogP contribution is 2.47. The van der Waals surface area contributed by atoms with Crippen LogP contribution in [0.5, 0.6) is 11.5 Å². The average Bonchev–Trinajstić information content (AvgIpc) is 3.08. The zero-order chi connectivity index (χ0) is 14.5. The van der Waals surface area contributed by atoms with E-state index >= 15 is 0 Å². The van der Waals surface area contributed by atoms with E-state index in [4.69, 9.17) is 18.0 Å². The number of carbonyl (C=O) groups is 1. The molecule has 1 aromatic carbocycles. The number of amides is 1. The highest BCUT2D eigenvalue weighted by Gasteiger charge is 2.52. The first kappa shape index (κ1) is 13.0. The van der Waals surface area contributed by atoms with Gasteiger partial charge in [0.1, 0.15) is 0 Å². The maximum absolute atomic E-state index is 12.9. The van der Waals surface area contributed by atoms with Crippen molar-refractivity contribution in [1.82, 2.24) is 0 Å². The summed E-state index contributed by atoms with van der Waals surface area (Å²) in [5.41, 5.74) is 5.05. The van der Waals surface area contributed by atoms with E-state index in [1.807, 2.05) is 0 Å². The second-order valence-electron chi connectivity index (χ2n) is 4.73. The largest absolute Gasteiger partial charge is 0.586 e. The topological polar surface area (TPSA) is 73.6 Å². The van der Waals surface area contributed by atoms with E-state index in [9.17, 15) is 13.6 Å². The summed E-state index contributed by atoms with van der Waals surface area (Å²) in [5, 5.41) is 2.60. The van der Waals surface area contributed by atoms with Crippen molar-refractivity contribution < 1.29 is 23.0 Å². The number of ether oxygens (including phenoxy) is 2. The van der Waals surface area contributed by atoms with E-state index in [1.54, 1.807) is 0 Å². The third-order valence-corrected chi connectivity index (χ3v) is 3.71. The van der Waals surface area contributed by atoms with Gasteiger partial charge in [0.05, 0.1) is 10.4 Å². The summed E-state index contributed by atoms with van der Waals surface area (Å²) in [6, 6.07) is 4.01. The molecule has 0 bridgehead atoms. The van der Waals surface area contributed by atoms with Gasteiger partial charge in [0.15, 0.2) is 11.5 Å². The quantitative estimate of drug-likeness (QED) is 0.835. The van der Waals surface area contributed by atoms with Gasteiger partial charge in [-0.1, -0.05) is 12.2 Å². The molecule has 1 fully saturated rings. The van der Waals surface area contributed by atoms with Gasteiger partial charge in [-0.3, -0.25) is 4.79 Å². The molecule has 1 saturated carbocycles. The summed E-state index contributed by atoms with van der Waals surface area (Å²) in [6.07, 6.45) is -2.49. The van der Waals surface area contributed by atoms with Gasteiger partial charge in [-0.25, -0.2) is 0 Å². The molecule has 1 heterocycles. The molecule has 3 N–H and O–H groups in total. The predicted molar refractivity (Wildman–Crippen MR) is 69.7 cm³/mol. The lowest BCUT2D eigenvalue weighted by molar-refractivity contribution is -0.286. The van der Waals surface area contributed by atoms with Crippen molar-refractivity contribution in [3.8, 4) is 11.5 Å². The first-order valence-electron chi connectivity index (χ1n) is 5.84. The molecule has 0 aromatic heterocycles. The Kier molecular flexibility index (Phi) is 2.62. The number of benzene rings is 1. The Bertz CT molecular complexity index is 617. The summed E-state index contributed by atoms with van der Waals surface area (Å²) in [6.45, 7) is 0. The Labute approximate surface area is 118 Å². The fourth-order valence-electron chi connectivity index (χ4n) is 1.99. The molecule has 2 aliphatic rings. The fourth-order valence-corrected chi connectivity index (χ4v) is 2.28. The second-order valence-corrected chi connectivity index (χ2v) is 5.17. The Morgan fingerprint density at radius 2 is 1.95 bits per heavy atom. The molecule has 0 atom stereocenters.